The van der Waals surface area contributed by atoms with Gasteiger partial charge in [-0.1, -0.05) is 109 Å². The highest BCUT2D eigenvalue weighted by molar-refractivity contribution is 6.11. The number of ketones is 1. The number of nitrogens with one attached hydrogen (secondary N) is 1. The SMILES string of the molecule is O=C(OC(CNc1c(C(=O)c2ccccc2)c(=O)n(Cc2ccccc2)c(=O)n1Cc1ccccc1)CN1CCCC1)c1ccccc1. The van der Waals surface area contributed by atoms with Gasteiger partial charge in [-0.2, -0.15) is 0 Å². The average molecular weight is 643 g/mol. The number of carbonyl (C=O) groups excluding carboxylic acids is 2. The second-order valence-electron chi connectivity index (χ2n) is 11.9. The largest absolute Gasteiger partial charge is 0.456 e. The van der Waals surface area contributed by atoms with Gasteiger partial charge in [0.15, 0.2) is 0 Å². The van der Waals surface area contributed by atoms with Crippen LogP contribution in [0.2, 0.25) is 0 Å². The maximum absolute atomic E-state index is 14.3. The van der Waals surface area contributed by atoms with E-state index in [1.165, 1.54) is 4.57 Å². The van der Waals surface area contributed by atoms with Crippen molar-refractivity contribution < 1.29 is 14.3 Å². The first-order valence-corrected chi connectivity index (χ1v) is 16.3. The minimum absolute atomic E-state index is 0.00504. The van der Waals surface area contributed by atoms with Crippen LogP contribution in [0.3, 0.4) is 0 Å². The Bertz CT molecular complexity index is 1950. The standard InChI is InChI=1S/C39H38N4O5/c44-35(31-19-9-3-10-20-31)34-36(40-25-33(28-41-23-13-14-24-41)48-38(46)32-21-11-4-12-22-32)42(26-29-15-5-1-6-16-29)39(47)43(37(34)45)27-30-17-7-2-8-18-30/h1-12,15-22,33,40H,13-14,23-28H2. The van der Waals surface area contributed by atoms with Crippen molar-refractivity contribution in [3.05, 3.63) is 170 Å². The smallest absolute Gasteiger partial charge is 0.338 e. The van der Waals surface area contributed by atoms with Crippen molar-refractivity contribution in [1.29, 1.82) is 0 Å². The third-order valence-electron chi connectivity index (χ3n) is 8.50. The number of nitrogens with zero attached hydrogens (tertiary/aromatic N) is 3. The molecule has 0 aliphatic carbocycles. The highest BCUT2D eigenvalue weighted by Crippen LogP contribution is 2.19. The molecule has 1 N–H and O–H groups in total. The molecule has 1 aliphatic heterocycles. The van der Waals surface area contributed by atoms with E-state index in [1.807, 2.05) is 66.7 Å². The molecule has 0 bridgehead atoms. The van der Waals surface area contributed by atoms with Gasteiger partial charge < -0.3 is 10.1 Å². The molecule has 1 saturated heterocycles. The van der Waals surface area contributed by atoms with Gasteiger partial charge >= 0.3 is 11.7 Å². The molecule has 9 nitrogen and oxygen atoms in total. The summed E-state index contributed by atoms with van der Waals surface area (Å²) in [4.78, 5) is 58.3. The highest BCUT2D eigenvalue weighted by Gasteiger charge is 2.28. The van der Waals surface area contributed by atoms with Gasteiger partial charge in [-0.15, -0.1) is 0 Å². The molecule has 244 valence electrons. The fourth-order valence-electron chi connectivity index (χ4n) is 6.04. The van der Waals surface area contributed by atoms with Crippen LogP contribution >= 0.6 is 0 Å². The van der Waals surface area contributed by atoms with E-state index in [0.29, 0.717) is 17.7 Å². The number of benzene rings is 4. The van der Waals surface area contributed by atoms with E-state index in [2.05, 4.69) is 10.2 Å². The summed E-state index contributed by atoms with van der Waals surface area (Å²) in [6.07, 6.45) is 1.47. The predicted molar refractivity (Wildman–Crippen MR) is 186 cm³/mol. The maximum Gasteiger partial charge on any atom is 0.338 e. The number of anilines is 1. The molecular formula is C39H38N4O5. The lowest BCUT2D eigenvalue weighted by molar-refractivity contribution is 0.0255. The molecule has 0 saturated carbocycles. The number of hydrogen-bond acceptors (Lipinski definition) is 7. The van der Waals surface area contributed by atoms with E-state index in [0.717, 1.165) is 41.6 Å². The van der Waals surface area contributed by atoms with Gasteiger partial charge in [0.2, 0.25) is 5.78 Å². The Morgan fingerprint density at radius 1 is 0.667 bits per heavy atom. The first kappa shape index (κ1) is 32.4. The fraction of sp³-hybridized carbons (Fsp3) is 0.231. The highest BCUT2D eigenvalue weighted by atomic mass is 16.5. The minimum atomic E-state index is -0.693. The van der Waals surface area contributed by atoms with Gasteiger partial charge in [-0.3, -0.25) is 23.6 Å². The Hall–Kier alpha value is -5.54. The van der Waals surface area contributed by atoms with Crippen LogP contribution in [-0.2, 0) is 17.8 Å². The molecule has 0 spiro atoms. The molecule has 1 aromatic heterocycles. The lowest BCUT2D eigenvalue weighted by Crippen LogP contribution is -2.45. The molecule has 1 fully saturated rings. The summed E-state index contributed by atoms with van der Waals surface area (Å²) in [7, 11) is 0. The molecule has 5 aromatic rings. The van der Waals surface area contributed by atoms with Crippen molar-refractivity contribution in [2.45, 2.75) is 32.0 Å². The van der Waals surface area contributed by atoms with Crippen LogP contribution in [0.4, 0.5) is 5.82 Å². The van der Waals surface area contributed by atoms with Crippen LogP contribution in [0.25, 0.3) is 0 Å². The van der Waals surface area contributed by atoms with Crippen LogP contribution in [0.1, 0.15) is 50.2 Å². The third kappa shape index (κ3) is 7.70. The fourth-order valence-corrected chi connectivity index (χ4v) is 6.04. The zero-order valence-electron chi connectivity index (χ0n) is 26.7. The first-order valence-electron chi connectivity index (χ1n) is 16.3. The molecule has 4 aromatic carbocycles. The number of carbonyl (C=O) groups is 2. The second-order valence-corrected chi connectivity index (χ2v) is 11.9. The number of aromatic nitrogens is 2. The van der Waals surface area contributed by atoms with Gasteiger partial charge in [0.25, 0.3) is 5.56 Å². The number of likely N-dealkylation sites (tertiary alicyclic amines) is 1. The zero-order valence-corrected chi connectivity index (χ0v) is 26.7. The van der Waals surface area contributed by atoms with Crippen LogP contribution in [-0.4, -0.2) is 58.1 Å². The molecule has 1 aliphatic rings. The number of hydrogen-bond donors (Lipinski definition) is 1. The molecule has 6 rings (SSSR count). The summed E-state index contributed by atoms with van der Waals surface area (Å²) in [5.74, 6) is -0.888. The molecule has 1 atom stereocenters. The Morgan fingerprint density at radius 3 is 1.73 bits per heavy atom. The van der Waals surface area contributed by atoms with E-state index in [-0.39, 0.29) is 31.0 Å². The molecule has 0 amide bonds. The predicted octanol–water partition coefficient (Wildman–Crippen LogP) is 5.07. The monoisotopic (exact) mass is 642 g/mol. The summed E-state index contributed by atoms with van der Waals surface area (Å²) >= 11 is 0. The zero-order chi connectivity index (χ0) is 33.3. The van der Waals surface area contributed by atoms with Gasteiger partial charge in [-0.05, 0) is 49.2 Å². The van der Waals surface area contributed by atoms with E-state index in [1.54, 1.807) is 54.6 Å². The Morgan fingerprint density at radius 2 is 1.17 bits per heavy atom. The maximum atomic E-state index is 14.3. The average Bonchev–Trinajstić information content (AvgIpc) is 3.65. The summed E-state index contributed by atoms with van der Waals surface area (Å²) in [6, 6.07) is 36.0. The quantitative estimate of drug-likeness (QED) is 0.141. The van der Waals surface area contributed by atoms with Gasteiger partial charge in [0.1, 0.15) is 17.5 Å². The summed E-state index contributed by atoms with van der Waals surface area (Å²) < 4.78 is 8.60. The first-order chi connectivity index (χ1) is 23.5. The number of ether oxygens (including phenoxy) is 1. The molecule has 0 radical (unpaired) electrons. The Balaban J connectivity index is 1.45. The van der Waals surface area contributed by atoms with Crippen molar-refractivity contribution in [2.24, 2.45) is 0 Å². The van der Waals surface area contributed by atoms with Crippen LogP contribution < -0.4 is 16.6 Å². The number of esters is 1. The van der Waals surface area contributed by atoms with Crippen molar-refractivity contribution in [1.82, 2.24) is 14.0 Å². The van der Waals surface area contributed by atoms with Crippen molar-refractivity contribution in [3.63, 3.8) is 0 Å². The van der Waals surface area contributed by atoms with E-state index >= 15 is 0 Å². The second kappa shape index (κ2) is 15.4. The van der Waals surface area contributed by atoms with E-state index in [9.17, 15) is 19.2 Å². The molecule has 2 heterocycles. The van der Waals surface area contributed by atoms with E-state index in [4.69, 9.17) is 4.74 Å². The summed E-state index contributed by atoms with van der Waals surface area (Å²) in [5, 5.41) is 3.28. The third-order valence-corrected chi connectivity index (χ3v) is 8.50. The van der Waals surface area contributed by atoms with Crippen molar-refractivity contribution >= 4 is 17.6 Å². The van der Waals surface area contributed by atoms with Crippen LogP contribution in [0, 0.1) is 0 Å². The lowest BCUT2D eigenvalue weighted by atomic mass is 10.0. The molecule has 48 heavy (non-hydrogen) atoms. The number of rotatable bonds is 13. The van der Waals surface area contributed by atoms with Crippen LogP contribution in [0.15, 0.2) is 131 Å². The van der Waals surface area contributed by atoms with Crippen LogP contribution in [0.5, 0.6) is 0 Å². The molecule has 1 unspecified atom stereocenters. The minimum Gasteiger partial charge on any atom is -0.456 e. The molecule has 9 heteroatoms. The molecular weight excluding hydrogens is 604 g/mol. The van der Waals surface area contributed by atoms with Gasteiger partial charge in [0.05, 0.1) is 25.2 Å². The topological polar surface area (TPSA) is 103 Å². The Kier molecular flexibility index (Phi) is 10.4. The van der Waals surface area contributed by atoms with Gasteiger partial charge in [0, 0.05) is 12.1 Å². The van der Waals surface area contributed by atoms with Crippen molar-refractivity contribution in [2.75, 3.05) is 31.5 Å². The van der Waals surface area contributed by atoms with E-state index < -0.39 is 29.1 Å². The van der Waals surface area contributed by atoms with Crippen molar-refractivity contribution in [3.8, 4) is 0 Å². The Labute approximate surface area is 279 Å². The van der Waals surface area contributed by atoms with Gasteiger partial charge in [-0.25, -0.2) is 9.59 Å². The summed E-state index contributed by atoms with van der Waals surface area (Å²) in [5.41, 5.74) is 0.905. The normalized spacial score (nSPS) is 13.6. The lowest BCUT2D eigenvalue weighted by Gasteiger charge is -2.26. The summed E-state index contributed by atoms with van der Waals surface area (Å²) in [6.45, 7) is 2.39.